The average Bonchev–Trinajstić information content (AvgIpc) is 2.60. The summed E-state index contributed by atoms with van der Waals surface area (Å²) in [6, 6.07) is 5.22. The quantitative estimate of drug-likeness (QED) is 0.706. The molecule has 5 heteroatoms. The number of amides is 1. The summed E-state index contributed by atoms with van der Waals surface area (Å²) in [6.45, 7) is 2.11. The van der Waals surface area contributed by atoms with E-state index in [1.54, 1.807) is 12.1 Å². The van der Waals surface area contributed by atoms with Gasteiger partial charge in [-0.25, -0.2) is 0 Å². The van der Waals surface area contributed by atoms with Gasteiger partial charge in [0.1, 0.15) is 5.75 Å². The fourth-order valence-corrected chi connectivity index (χ4v) is 1.75. The minimum Gasteiger partial charge on any atom is -0.508 e. The normalized spacial score (nSPS) is 9.94. The van der Waals surface area contributed by atoms with E-state index in [0.29, 0.717) is 6.54 Å². The molecular weight excluding hydrogens is 227 g/mol. The molecule has 0 fully saturated rings. The van der Waals surface area contributed by atoms with Crippen molar-refractivity contribution in [2.75, 3.05) is 6.54 Å². The molecule has 1 radical (unpaired) electrons. The Morgan fingerprint density at radius 3 is 2.94 bits per heavy atom. The van der Waals surface area contributed by atoms with E-state index in [1.807, 2.05) is 12.3 Å². The second kappa shape index (κ2) is 6.10. The van der Waals surface area contributed by atoms with Crippen LogP contribution in [0, 0.1) is 0 Å². The number of nitrogens with one attached hydrogen (secondary N) is 2. The molecule has 0 unspecified atom stereocenters. The van der Waals surface area contributed by atoms with Gasteiger partial charge in [0.15, 0.2) is 0 Å². The number of hydrogen-bond acceptors (Lipinski definition) is 2. The van der Waals surface area contributed by atoms with E-state index in [4.69, 9.17) is 0 Å². The van der Waals surface area contributed by atoms with Crippen LogP contribution < -0.4 is 5.32 Å². The summed E-state index contributed by atoms with van der Waals surface area (Å²) < 4.78 is 0. The fourth-order valence-electron chi connectivity index (χ4n) is 1.75. The molecular formula is C12H14N2NaO2. The van der Waals surface area contributed by atoms with Gasteiger partial charge in [-0.2, -0.15) is 0 Å². The third-order valence-corrected chi connectivity index (χ3v) is 2.52. The summed E-state index contributed by atoms with van der Waals surface area (Å²) in [5, 5.41) is 13.2. The molecule has 0 aliphatic heterocycles. The minimum atomic E-state index is -0.0253. The van der Waals surface area contributed by atoms with Crippen LogP contribution in [0.3, 0.4) is 0 Å². The van der Waals surface area contributed by atoms with Crippen LogP contribution in [-0.2, 0) is 11.2 Å². The molecule has 4 nitrogen and oxygen atoms in total. The van der Waals surface area contributed by atoms with Gasteiger partial charge in [-0.15, -0.1) is 0 Å². The van der Waals surface area contributed by atoms with E-state index in [-0.39, 0.29) is 41.2 Å². The van der Waals surface area contributed by atoms with E-state index in [2.05, 4.69) is 10.3 Å². The summed E-state index contributed by atoms with van der Waals surface area (Å²) >= 11 is 0. The van der Waals surface area contributed by atoms with E-state index in [1.165, 1.54) is 6.92 Å². The molecule has 2 aromatic rings. The maximum atomic E-state index is 10.7. The van der Waals surface area contributed by atoms with Crippen molar-refractivity contribution < 1.29 is 9.90 Å². The van der Waals surface area contributed by atoms with E-state index in [9.17, 15) is 9.90 Å². The number of phenols is 1. The fraction of sp³-hybridized carbons (Fsp3) is 0.250. The number of hydrogen-bond donors (Lipinski definition) is 3. The molecule has 3 N–H and O–H groups in total. The summed E-state index contributed by atoms with van der Waals surface area (Å²) in [7, 11) is 0. The third kappa shape index (κ3) is 3.49. The number of rotatable bonds is 3. The number of aromatic nitrogens is 1. The van der Waals surface area contributed by atoms with Gasteiger partial charge in [0.2, 0.25) is 5.91 Å². The molecule has 1 amide bonds. The Morgan fingerprint density at radius 1 is 1.47 bits per heavy atom. The van der Waals surface area contributed by atoms with Gasteiger partial charge >= 0.3 is 0 Å². The topological polar surface area (TPSA) is 65.1 Å². The van der Waals surface area contributed by atoms with Crippen molar-refractivity contribution in [1.82, 2.24) is 10.3 Å². The van der Waals surface area contributed by atoms with Gasteiger partial charge in [-0.05, 0) is 30.2 Å². The molecule has 85 valence electrons. The Morgan fingerprint density at radius 2 is 2.24 bits per heavy atom. The van der Waals surface area contributed by atoms with E-state index < -0.39 is 0 Å². The van der Waals surface area contributed by atoms with Crippen LogP contribution in [0.4, 0.5) is 0 Å². The summed E-state index contributed by atoms with van der Waals surface area (Å²) in [4.78, 5) is 13.9. The van der Waals surface area contributed by atoms with Gasteiger partial charge in [-0.1, -0.05) is 0 Å². The first-order valence-corrected chi connectivity index (χ1v) is 5.20. The van der Waals surface area contributed by atoms with Crippen molar-refractivity contribution in [1.29, 1.82) is 0 Å². The molecule has 0 aliphatic carbocycles. The van der Waals surface area contributed by atoms with Crippen molar-refractivity contribution in [3.05, 3.63) is 30.0 Å². The van der Waals surface area contributed by atoms with Gasteiger partial charge < -0.3 is 15.4 Å². The smallest absolute Gasteiger partial charge is 0.216 e. The van der Waals surface area contributed by atoms with Crippen LogP contribution in [0.25, 0.3) is 10.9 Å². The van der Waals surface area contributed by atoms with Crippen molar-refractivity contribution in [2.24, 2.45) is 0 Å². The second-order valence-electron chi connectivity index (χ2n) is 3.78. The first kappa shape index (κ1) is 14.1. The Balaban J connectivity index is 0.00000144. The van der Waals surface area contributed by atoms with Crippen LogP contribution >= 0.6 is 0 Å². The van der Waals surface area contributed by atoms with Gasteiger partial charge in [0.05, 0.1) is 0 Å². The minimum absolute atomic E-state index is 0. The number of aromatic amines is 1. The standard InChI is InChI=1S/C12H14N2O2.Na/c1-8(15)13-5-4-9-7-14-12-3-2-10(16)6-11(9)12;/h2-3,6-7,14,16H,4-5H2,1H3,(H,13,15);. The molecule has 0 saturated heterocycles. The monoisotopic (exact) mass is 241 g/mol. The maximum Gasteiger partial charge on any atom is 0.216 e. The molecule has 1 heterocycles. The molecule has 0 bridgehead atoms. The number of carbonyl (C=O) groups excluding carboxylic acids is 1. The number of phenolic OH excluding ortho intramolecular Hbond substituents is 1. The van der Waals surface area contributed by atoms with Crippen LogP contribution in [0.5, 0.6) is 5.75 Å². The van der Waals surface area contributed by atoms with Crippen LogP contribution in [0.2, 0.25) is 0 Å². The number of carbonyl (C=O) groups is 1. The maximum absolute atomic E-state index is 10.7. The van der Waals surface area contributed by atoms with Gasteiger partial charge in [-0.3, -0.25) is 4.79 Å². The Kier molecular flexibility index (Phi) is 5.05. The van der Waals surface area contributed by atoms with Crippen molar-refractivity contribution in [2.45, 2.75) is 13.3 Å². The van der Waals surface area contributed by atoms with E-state index >= 15 is 0 Å². The SMILES string of the molecule is CC(=O)NCCc1c[nH]c2ccc(O)cc12.[Na]. The number of H-pyrrole nitrogens is 1. The zero-order valence-electron chi connectivity index (χ0n) is 10.1. The molecule has 1 aromatic heterocycles. The van der Waals surface area contributed by atoms with Crippen molar-refractivity contribution in [3.8, 4) is 5.75 Å². The van der Waals surface area contributed by atoms with Gasteiger partial charge in [0.25, 0.3) is 0 Å². The molecule has 0 atom stereocenters. The molecule has 0 aliphatic rings. The van der Waals surface area contributed by atoms with Crippen molar-refractivity contribution >= 4 is 46.4 Å². The molecule has 17 heavy (non-hydrogen) atoms. The largest absolute Gasteiger partial charge is 0.508 e. The van der Waals surface area contributed by atoms with E-state index in [0.717, 1.165) is 22.9 Å². The predicted molar refractivity (Wildman–Crippen MR) is 68.1 cm³/mol. The van der Waals surface area contributed by atoms with Crippen molar-refractivity contribution in [3.63, 3.8) is 0 Å². The summed E-state index contributed by atoms with van der Waals surface area (Å²) in [5.74, 6) is 0.232. The Labute approximate surface area is 122 Å². The molecule has 0 spiro atoms. The number of benzene rings is 1. The average molecular weight is 241 g/mol. The van der Waals surface area contributed by atoms with Crippen LogP contribution in [0.15, 0.2) is 24.4 Å². The Bertz CT molecular complexity index is 522. The zero-order valence-corrected chi connectivity index (χ0v) is 12.1. The summed E-state index contributed by atoms with van der Waals surface area (Å²) in [5.41, 5.74) is 2.09. The van der Waals surface area contributed by atoms with Crippen LogP contribution in [-0.4, -0.2) is 52.1 Å². The number of fused-ring (bicyclic) bond motifs is 1. The predicted octanol–water partition coefficient (Wildman–Crippen LogP) is 1.17. The first-order chi connectivity index (χ1) is 7.66. The molecule has 2 rings (SSSR count). The molecule has 1 aromatic carbocycles. The third-order valence-electron chi connectivity index (χ3n) is 2.52. The first-order valence-electron chi connectivity index (χ1n) is 5.20. The summed E-state index contributed by atoms with van der Waals surface area (Å²) in [6.07, 6.45) is 2.66. The number of aromatic hydroxyl groups is 1. The molecule has 0 saturated carbocycles. The Hall–Kier alpha value is -0.970. The van der Waals surface area contributed by atoms with Gasteiger partial charge in [0, 0.05) is 60.1 Å². The van der Waals surface area contributed by atoms with Crippen LogP contribution in [0.1, 0.15) is 12.5 Å². The zero-order chi connectivity index (χ0) is 11.5. The second-order valence-corrected chi connectivity index (χ2v) is 3.78.